The molecule has 0 fully saturated rings. The van der Waals surface area contributed by atoms with Gasteiger partial charge in [0.2, 0.25) is 5.91 Å². The third kappa shape index (κ3) is 6.06. The number of nitrogens with zero attached hydrogens (tertiary/aromatic N) is 1. The number of hydrogen-bond acceptors (Lipinski definition) is 4. The summed E-state index contributed by atoms with van der Waals surface area (Å²) in [7, 11) is 1.89. The highest BCUT2D eigenvalue weighted by molar-refractivity contribution is 5.94. The van der Waals surface area contributed by atoms with Gasteiger partial charge in [0.1, 0.15) is 24.7 Å². The Hall–Kier alpha value is -3.47. The molecule has 0 heterocycles. The van der Waals surface area contributed by atoms with Gasteiger partial charge in [-0.3, -0.25) is 4.79 Å². The molecule has 5 nitrogen and oxygen atoms in total. The minimum absolute atomic E-state index is 0.0871. The fourth-order valence-corrected chi connectivity index (χ4v) is 2.69. The molecule has 1 N–H and O–H groups in total. The van der Waals surface area contributed by atoms with Gasteiger partial charge in [0.05, 0.1) is 6.54 Å². The second kappa shape index (κ2) is 10.0. The maximum absolute atomic E-state index is 12.3. The van der Waals surface area contributed by atoms with Crippen LogP contribution in [-0.2, 0) is 4.79 Å². The van der Waals surface area contributed by atoms with Crippen LogP contribution in [0.5, 0.6) is 11.5 Å². The lowest BCUT2D eigenvalue weighted by Gasteiger charge is -2.18. The Morgan fingerprint density at radius 1 is 0.821 bits per heavy atom. The van der Waals surface area contributed by atoms with E-state index in [1.165, 1.54) is 0 Å². The number of likely N-dealkylation sites (N-methyl/N-ethyl adjacent to an activating group) is 1. The van der Waals surface area contributed by atoms with E-state index < -0.39 is 0 Å². The topological polar surface area (TPSA) is 50.8 Å². The third-order valence-electron chi connectivity index (χ3n) is 4.06. The first-order valence-electron chi connectivity index (χ1n) is 9.17. The van der Waals surface area contributed by atoms with E-state index in [4.69, 9.17) is 9.47 Å². The molecule has 0 aromatic heterocycles. The van der Waals surface area contributed by atoms with Gasteiger partial charge in [0.25, 0.3) is 0 Å². The zero-order valence-corrected chi connectivity index (χ0v) is 15.9. The molecule has 3 aromatic rings. The number of nitrogens with one attached hydrogen (secondary N) is 1. The van der Waals surface area contributed by atoms with E-state index in [2.05, 4.69) is 5.32 Å². The molecule has 0 radical (unpaired) electrons. The van der Waals surface area contributed by atoms with Gasteiger partial charge in [0, 0.05) is 24.5 Å². The molecular weight excluding hydrogens is 352 g/mol. The van der Waals surface area contributed by atoms with Crippen LogP contribution in [0.2, 0.25) is 0 Å². The molecule has 0 spiro atoms. The number of amides is 1. The summed E-state index contributed by atoms with van der Waals surface area (Å²) in [6, 6.07) is 26.8. The number of carbonyl (C=O) groups excluding carboxylic acids is 1. The molecule has 3 aromatic carbocycles. The molecule has 0 bridgehead atoms. The van der Waals surface area contributed by atoms with Crippen LogP contribution in [0.4, 0.5) is 11.4 Å². The van der Waals surface area contributed by atoms with Crippen molar-refractivity contribution in [3.8, 4) is 11.5 Å². The molecule has 0 aliphatic carbocycles. The lowest BCUT2D eigenvalue weighted by molar-refractivity contribution is -0.114. The van der Waals surface area contributed by atoms with Crippen LogP contribution < -0.4 is 19.7 Å². The van der Waals surface area contributed by atoms with Gasteiger partial charge in [-0.1, -0.05) is 42.5 Å². The van der Waals surface area contributed by atoms with E-state index in [1.807, 2.05) is 96.9 Å². The number of benzene rings is 3. The normalized spacial score (nSPS) is 10.2. The minimum Gasteiger partial charge on any atom is -0.490 e. The maximum atomic E-state index is 12.3. The van der Waals surface area contributed by atoms with E-state index in [0.717, 1.165) is 11.4 Å². The van der Waals surface area contributed by atoms with Crippen LogP contribution in [0.1, 0.15) is 0 Å². The molecular formula is C23H24N2O3. The highest BCUT2D eigenvalue weighted by Crippen LogP contribution is 2.18. The molecule has 0 atom stereocenters. The van der Waals surface area contributed by atoms with E-state index >= 15 is 0 Å². The number of ether oxygens (including phenoxy) is 2. The molecule has 1 amide bonds. The van der Waals surface area contributed by atoms with Crippen molar-refractivity contribution in [2.45, 2.75) is 0 Å². The Morgan fingerprint density at radius 3 is 2.14 bits per heavy atom. The summed E-state index contributed by atoms with van der Waals surface area (Å²) >= 11 is 0. The summed E-state index contributed by atoms with van der Waals surface area (Å²) in [4.78, 5) is 14.2. The maximum Gasteiger partial charge on any atom is 0.243 e. The van der Waals surface area contributed by atoms with E-state index in [0.29, 0.717) is 24.7 Å². The lowest BCUT2D eigenvalue weighted by Crippen LogP contribution is -2.29. The predicted molar refractivity (Wildman–Crippen MR) is 112 cm³/mol. The fourth-order valence-electron chi connectivity index (χ4n) is 2.69. The van der Waals surface area contributed by atoms with Crippen molar-refractivity contribution in [3.63, 3.8) is 0 Å². The first kappa shape index (κ1) is 19.3. The van der Waals surface area contributed by atoms with Crippen molar-refractivity contribution in [2.75, 3.05) is 37.0 Å². The quantitative estimate of drug-likeness (QED) is 0.568. The van der Waals surface area contributed by atoms with Gasteiger partial charge in [-0.2, -0.15) is 0 Å². The first-order chi connectivity index (χ1) is 13.7. The molecule has 144 valence electrons. The second-order valence-electron chi connectivity index (χ2n) is 6.28. The van der Waals surface area contributed by atoms with E-state index in [1.54, 1.807) is 0 Å². The Kier molecular flexibility index (Phi) is 6.90. The Balaban J connectivity index is 1.45. The molecule has 5 heteroatoms. The van der Waals surface area contributed by atoms with Crippen molar-refractivity contribution in [2.24, 2.45) is 0 Å². The third-order valence-corrected chi connectivity index (χ3v) is 4.06. The van der Waals surface area contributed by atoms with Crippen molar-refractivity contribution in [1.29, 1.82) is 0 Å². The number of para-hydroxylation sites is 2. The van der Waals surface area contributed by atoms with Gasteiger partial charge in [-0.05, 0) is 36.4 Å². The monoisotopic (exact) mass is 376 g/mol. The van der Waals surface area contributed by atoms with Gasteiger partial charge in [-0.15, -0.1) is 0 Å². The standard InChI is InChI=1S/C23H24N2O3/c1-25(20-10-4-2-5-11-20)18-23(26)24-19-9-8-14-22(17-19)28-16-15-27-21-12-6-3-7-13-21/h2-14,17H,15-16,18H2,1H3,(H,24,26). The van der Waals surface area contributed by atoms with Crippen LogP contribution in [0.25, 0.3) is 0 Å². The Labute approximate surface area is 165 Å². The lowest BCUT2D eigenvalue weighted by atomic mass is 10.3. The van der Waals surface area contributed by atoms with Crippen molar-refractivity contribution in [1.82, 2.24) is 0 Å². The van der Waals surface area contributed by atoms with Crippen LogP contribution >= 0.6 is 0 Å². The summed E-state index contributed by atoms with van der Waals surface area (Å²) < 4.78 is 11.3. The summed E-state index contributed by atoms with van der Waals surface area (Å²) in [6.45, 7) is 1.13. The number of anilines is 2. The highest BCUT2D eigenvalue weighted by atomic mass is 16.5. The minimum atomic E-state index is -0.0871. The fraction of sp³-hybridized carbons (Fsp3) is 0.174. The average Bonchev–Trinajstić information content (AvgIpc) is 2.73. The van der Waals surface area contributed by atoms with Crippen LogP contribution in [0, 0.1) is 0 Å². The summed E-state index contributed by atoms with van der Waals surface area (Å²) in [6.07, 6.45) is 0. The Bertz CT molecular complexity index is 869. The summed E-state index contributed by atoms with van der Waals surface area (Å²) in [5, 5.41) is 2.91. The zero-order chi connectivity index (χ0) is 19.6. The molecule has 0 saturated carbocycles. The molecule has 3 rings (SSSR count). The molecule has 0 aliphatic rings. The van der Waals surface area contributed by atoms with Crippen molar-refractivity contribution < 1.29 is 14.3 Å². The predicted octanol–water partition coefficient (Wildman–Crippen LogP) is 4.22. The van der Waals surface area contributed by atoms with Crippen LogP contribution in [0.3, 0.4) is 0 Å². The van der Waals surface area contributed by atoms with Crippen molar-refractivity contribution >= 4 is 17.3 Å². The largest absolute Gasteiger partial charge is 0.490 e. The molecule has 0 aliphatic heterocycles. The first-order valence-corrected chi connectivity index (χ1v) is 9.17. The van der Waals surface area contributed by atoms with Gasteiger partial charge >= 0.3 is 0 Å². The molecule has 28 heavy (non-hydrogen) atoms. The summed E-state index contributed by atoms with van der Waals surface area (Å²) in [5.41, 5.74) is 1.70. The molecule has 0 unspecified atom stereocenters. The van der Waals surface area contributed by atoms with Crippen LogP contribution in [0.15, 0.2) is 84.9 Å². The van der Waals surface area contributed by atoms with Gasteiger partial charge in [0.15, 0.2) is 0 Å². The van der Waals surface area contributed by atoms with Gasteiger partial charge in [-0.25, -0.2) is 0 Å². The Morgan fingerprint density at radius 2 is 1.43 bits per heavy atom. The van der Waals surface area contributed by atoms with E-state index in [9.17, 15) is 4.79 Å². The van der Waals surface area contributed by atoms with Crippen molar-refractivity contribution in [3.05, 3.63) is 84.9 Å². The van der Waals surface area contributed by atoms with E-state index in [-0.39, 0.29) is 12.5 Å². The summed E-state index contributed by atoms with van der Waals surface area (Å²) in [5.74, 6) is 1.41. The number of carbonyl (C=O) groups is 1. The number of hydrogen-bond donors (Lipinski definition) is 1. The molecule has 0 saturated heterocycles. The second-order valence-corrected chi connectivity index (χ2v) is 6.28. The average molecular weight is 376 g/mol. The SMILES string of the molecule is CN(CC(=O)Nc1cccc(OCCOc2ccccc2)c1)c1ccccc1. The number of rotatable bonds is 9. The van der Waals surface area contributed by atoms with Gasteiger partial charge < -0.3 is 19.7 Å². The smallest absolute Gasteiger partial charge is 0.243 e. The van der Waals surface area contributed by atoms with Crippen LogP contribution in [-0.4, -0.2) is 32.7 Å². The zero-order valence-electron chi connectivity index (χ0n) is 15.9. The highest BCUT2D eigenvalue weighted by Gasteiger charge is 2.08.